The average Bonchev–Trinajstić information content (AvgIpc) is 3.25. The zero-order valence-corrected chi connectivity index (χ0v) is 17.2. The lowest BCUT2D eigenvalue weighted by Crippen LogP contribution is -2.17. The Bertz CT molecular complexity index is 1510. The smallest absolute Gasteiger partial charge is 0.285 e. The quantitative estimate of drug-likeness (QED) is 0.387. The summed E-state index contributed by atoms with van der Waals surface area (Å²) in [6.45, 7) is 7.71. The first kappa shape index (κ1) is 19.3. The fraction of sp³-hybridized carbons (Fsp3) is 0.0385. The van der Waals surface area contributed by atoms with Gasteiger partial charge in [-0.05, 0) is 23.3 Å². The third-order valence-corrected chi connectivity index (χ3v) is 5.37. The summed E-state index contributed by atoms with van der Waals surface area (Å²) in [7, 11) is 1.58. The second kappa shape index (κ2) is 7.89. The van der Waals surface area contributed by atoms with E-state index in [-0.39, 0.29) is 16.9 Å². The molecule has 32 heavy (non-hydrogen) atoms. The number of H-pyrrole nitrogens is 1. The molecule has 5 aromatic rings. The summed E-state index contributed by atoms with van der Waals surface area (Å²) in [4.78, 5) is 21.8. The van der Waals surface area contributed by atoms with Gasteiger partial charge >= 0.3 is 0 Å². The highest BCUT2D eigenvalue weighted by Gasteiger charge is 2.24. The molecule has 0 spiro atoms. The van der Waals surface area contributed by atoms with E-state index in [0.29, 0.717) is 17.0 Å². The van der Waals surface area contributed by atoms with Gasteiger partial charge in [-0.15, -0.1) is 0 Å². The van der Waals surface area contributed by atoms with E-state index >= 15 is 0 Å². The van der Waals surface area contributed by atoms with E-state index in [4.69, 9.17) is 11.3 Å². The summed E-state index contributed by atoms with van der Waals surface area (Å²) in [6, 6.07) is 26.6. The van der Waals surface area contributed by atoms with Gasteiger partial charge in [0.2, 0.25) is 0 Å². The van der Waals surface area contributed by atoms with E-state index in [1.165, 1.54) is 4.52 Å². The molecule has 0 atom stereocenters. The van der Waals surface area contributed by atoms with Crippen molar-refractivity contribution in [2.45, 2.75) is 0 Å². The number of hydrogen-bond acceptors (Lipinski definition) is 3. The first-order valence-electron chi connectivity index (χ1n) is 10.0. The number of hydrogen-bond donors (Lipinski definition) is 1. The zero-order chi connectivity index (χ0) is 22.1. The normalized spacial score (nSPS) is 10.8. The molecule has 6 nitrogen and oxygen atoms in total. The number of benzene rings is 3. The minimum Gasteiger partial charge on any atom is -0.497 e. The summed E-state index contributed by atoms with van der Waals surface area (Å²) >= 11 is 0. The molecule has 0 amide bonds. The van der Waals surface area contributed by atoms with Crippen LogP contribution in [0.4, 0.5) is 5.82 Å². The Balaban J connectivity index is 1.86. The molecule has 0 fully saturated rings. The highest BCUT2D eigenvalue weighted by atomic mass is 16.5. The van der Waals surface area contributed by atoms with Crippen LogP contribution in [-0.4, -0.2) is 21.7 Å². The Morgan fingerprint density at radius 2 is 1.44 bits per heavy atom. The molecular weight excluding hydrogens is 400 g/mol. The van der Waals surface area contributed by atoms with Crippen molar-refractivity contribution in [3.63, 3.8) is 0 Å². The summed E-state index contributed by atoms with van der Waals surface area (Å²) in [5.74, 6) is 0.737. The Hall–Kier alpha value is -4.63. The number of ether oxygens (including phenoxy) is 1. The van der Waals surface area contributed by atoms with E-state index in [1.807, 2.05) is 60.7 Å². The Kier molecular flexibility index (Phi) is 4.77. The van der Waals surface area contributed by atoms with Crippen LogP contribution in [0.5, 0.6) is 5.75 Å². The van der Waals surface area contributed by atoms with Gasteiger partial charge in [-0.1, -0.05) is 84.4 Å². The largest absolute Gasteiger partial charge is 0.497 e. The first-order valence-corrected chi connectivity index (χ1v) is 10.0. The summed E-state index contributed by atoms with van der Waals surface area (Å²) in [5.41, 5.74) is 4.33. The summed E-state index contributed by atoms with van der Waals surface area (Å²) < 4.78 is 6.64. The molecule has 0 aliphatic rings. The highest BCUT2D eigenvalue weighted by molar-refractivity contribution is 5.92. The van der Waals surface area contributed by atoms with Gasteiger partial charge in [0.25, 0.3) is 17.0 Å². The van der Waals surface area contributed by atoms with Crippen LogP contribution >= 0.6 is 0 Å². The molecule has 0 aliphatic carbocycles. The third kappa shape index (κ3) is 3.13. The van der Waals surface area contributed by atoms with Crippen molar-refractivity contribution >= 4 is 11.5 Å². The Morgan fingerprint density at radius 3 is 2.03 bits per heavy atom. The molecule has 0 bridgehead atoms. The van der Waals surface area contributed by atoms with Crippen LogP contribution in [-0.2, 0) is 0 Å². The molecule has 0 saturated heterocycles. The van der Waals surface area contributed by atoms with Gasteiger partial charge in [-0.2, -0.15) is 4.52 Å². The predicted molar refractivity (Wildman–Crippen MR) is 125 cm³/mol. The predicted octanol–water partition coefficient (Wildman–Crippen LogP) is 5.58. The van der Waals surface area contributed by atoms with Crippen LogP contribution in [0.25, 0.3) is 44.0 Å². The molecule has 6 heteroatoms. The fourth-order valence-corrected chi connectivity index (χ4v) is 3.84. The minimum atomic E-state index is -0.328. The lowest BCUT2D eigenvalue weighted by atomic mass is 10.0. The molecule has 2 heterocycles. The van der Waals surface area contributed by atoms with Gasteiger partial charge in [0, 0.05) is 5.56 Å². The molecule has 5 rings (SSSR count). The molecule has 154 valence electrons. The standard InChI is InChI=1S/C26H18N4O2/c1-27-24-22(18-13-15-20(32-2)16-14-18)26(31)30-25(28-24)21(17-9-5-3-6-10-17)23(29-30)19-11-7-4-8-12-19/h3-16,29H,2H3. The maximum Gasteiger partial charge on any atom is 0.285 e. The fourth-order valence-electron chi connectivity index (χ4n) is 3.84. The van der Waals surface area contributed by atoms with E-state index in [0.717, 1.165) is 22.4 Å². The van der Waals surface area contributed by atoms with Crippen LogP contribution in [0, 0.1) is 6.57 Å². The second-order valence-corrected chi connectivity index (χ2v) is 7.21. The van der Waals surface area contributed by atoms with Crippen molar-refractivity contribution in [2.24, 2.45) is 0 Å². The number of nitrogens with one attached hydrogen (secondary N) is 1. The number of methoxy groups -OCH3 is 1. The number of rotatable bonds is 4. The van der Waals surface area contributed by atoms with Crippen LogP contribution in [0.2, 0.25) is 0 Å². The van der Waals surface area contributed by atoms with E-state index < -0.39 is 0 Å². The average molecular weight is 418 g/mol. The molecule has 0 saturated carbocycles. The van der Waals surface area contributed by atoms with E-state index in [2.05, 4.69) is 14.9 Å². The maximum absolute atomic E-state index is 13.6. The topological polar surface area (TPSA) is 63.8 Å². The van der Waals surface area contributed by atoms with Crippen molar-refractivity contribution < 1.29 is 4.74 Å². The SMILES string of the molecule is [C-]#[N+]c1nc2c(-c3ccccc3)c(-c3ccccc3)[nH]n2c(=O)c1-c1ccc(OC)cc1. The van der Waals surface area contributed by atoms with Gasteiger partial charge in [0.05, 0.1) is 23.9 Å². The van der Waals surface area contributed by atoms with Crippen molar-refractivity contribution in [3.8, 4) is 39.3 Å². The van der Waals surface area contributed by atoms with Gasteiger partial charge in [0.1, 0.15) is 5.75 Å². The lowest BCUT2D eigenvalue weighted by molar-refractivity contribution is 0.415. The number of aromatic amines is 1. The molecule has 0 radical (unpaired) electrons. The first-order chi connectivity index (χ1) is 15.7. The maximum atomic E-state index is 13.6. The van der Waals surface area contributed by atoms with Crippen molar-refractivity contribution in [3.05, 3.63) is 107 Å². The van der Waals surface area contributed by atoms with Crippen molar-refractivity contribution in [2.75, 3.05) is 7.11 Å². The molecule has 3 aromatic carbocycles. The van der Waals surface area contributed by atoms with Gasteiger partial charge in [0.15, 0.2) is 0 Å². The van der Waals surface area contributed by atoms with Crippen LogP contribution < -0.4 is 10.3 Å². The lowest BCUT2D eigenvalue weighted by Gasteiger charge is -2.05. The molecule has 1 N–H and O–H groups in total. The number of aromatic nitrogens is 3. The van der Waals surface area contributed by atoms with E-state index in [1.54, 1.807) is 31.4 Å². The monoisotopic (exact) mass is 418 g/mol. The summed E-state index contributed by atoms with van der Waals surface area (Å²) in [6.07, 6.45) is 0. The minimum absolute atomic E-state index is 0.0657. The van der Waals surface area contributed by atoms with Gasteiger partial charge < -0.3 is 9.58 Å². The number of fused-ring (bicyclic) bond motifs is 1. The van der Waals surface area contributed by atoms with Gasteiger partial charge in [-0.3, -0.25) is 9.89 Å². The van der Waals surface area contributed by atoms with E-state index in [9.17, 15) is 4.79 Å². The molecule has 0 aliphatic heterocycles. The molecule has 0 unspecified atom stereocenters. The molecular formula is C26H18N4O2. The second-order valence-electron chi connectivity index (χ2n) is 7.21. The molecule has 2 aromatic heterocycles. The van der Waals surface area contributed by atoms with Crippen molar-refractivity contribution in [1.29, 1.82) is 0 Å². The van der Waals surface area contributed by atoms with Crippen LogP contribution in [0.15, 0.2) is 89.7 Å². The highest BCUT2D eigenvalue weighted by Crippen LogP contribution is 2.36. The van der Waals surface area contributed by atoms with Crippen LogP contribution in [0.3, 0.4) is 0 Å². The van der Waals surface area contributed by atoms with Crippen LogP contribution in [0.1, 0.15) is 0 Å². The zero-order valence-electron chi connectivity index (χ0n) is 17.2. The Morgan fingerprint density at radius 1 is 0.844 bits per heavy atom. The Labute approximate surface area is 184 Å². The summed E-state index contributed by atoms with van der Waals surface area (Å²) in [5, 5.41) is 3.25. The van der Waals surface area contributed by atoms with Crippen molar-refractivity contribution in [1.82, 2.24) is 14.6 Å². The third-order valence-electron chi connectivity index (χ3n) is 5.37. The number of nitrogens with zero attached hydrogens (tertiary/aromatic N) is 3. The van der Waals surface area contributed by atoms with Gasteiger partial charge in [-0.25, -0.2) is 0 Å².